The summed E-state index contributed by atoms with van der Waals surface area (Å²) in [6.45, 7) is 7.47. The maximum atomic E-state index is 11.4. The average Bonchev–Trinajstić information content (AvgIpc) is 2.75. The van der Waals surface area contributed by atoms with Gasteiger partial charge >= 0.3 is 5.97 Å². The molecule has 1 atom stereocenters. The molecule has 0 bridgehead atoms. The zero-order chi connectivity index (χ0) is 24.1. The Morgan fingerprint density at radius 1 is 1.27 bits per heavy atom. The molecule has 1 aromatic carbocycles. The Hall–Kier alpha value is -3.12. The van der Waals surface area contributed by atoms with Crippen molar-refractivity contribution in [2.75, 3.05) is 14.1 Å². The summed E-state index contributed by atoms with van der Waals surface area (Å²) in [5.74, 6) is 0.290. The lowest BCUT2D eigenvalue weighted by Crippen LogP contribution is -2.11. The van der Waals surface area contributed by atoms with Crippen LogP contribution in [0.2, 0.25) is 5.02 Å². The second-order valence-corrected chi connectivity index (χ2v) is 8.49. The SMILES string of the molecule is CC/C=C(/c1cc(C)nc2c(OCc3c(Cl)cncc3C(C)OC(C)=O)cccc12)N(C)C. The number of benzene rings is 1. The van der Waals surface area contributed by atoms with Crippen LogP contribution in [0.3, 0.4) is 0 Å². The van der Waals surface area contributed by atoms with E-state index in [0.717, 1.165) is 39.8 Å². The van der Waals surface area contributed by atoms with Gasteiger partial charge in [0.05, 0.1) is 5.02 Å². The van der Waals surface area contributed by atoms with Crippen LogP contribution in [-0.2, 0) is 16.1 Å². The minimum absolute atomic E-state index is 0.192. The summed E-state index contributed by atoms with van der Waals surface area (Å²) in [4.78, 5) is 22.5. The number of para-hydroxylation sites is 1. The van der Waals surface area contributed by atoms with Gasteiger partial charge < -0.3 is 14.4 Å². The molecular weight excluding hydrogens is 438 g/mol. The predicted octanol–water partition coefficient (Wildman–Crippen LogP) is 6.11. The number of carbonyl (C=O) groups is 1. The Balaban J connectivity index is 2.03. The quantitative estimate of drug-likeness (QED) is 0.372. The van der Waals surface area contributed by atoms with E-state index in [4.69, 9.17) is 26.1 Å². The van der Waals surface area contributed by atoms with E-state index >= 15 is 0 Å². The maximum Gasteiger partial charge on any atom is 0.303 e. The van der Waals surface area contributed by atoms with E-state index < -0.39 is 6.10 Å². The summed E-state index contributed by atoms with van der Waals surface area (Å²) in [5, 5.41) is 1.47. The highest BCUT2D eigenvalue weighted by molar-refractivity contribution is 6.31. The number of halogens is 1. The van der Waals surface area contributed by atoms with Crippen LogP contribution in [0.1, 0.15) is 55.7 Å². The van der Waals surface area contributed by atoms with Gasteiger partial charge in [-0.15, -0.1) is 0 Å². The van der Waals surface area contributed by atoms with Gasteiger partial charge in [-0.25, -0.2) is 4.98 Å². The first-order valence-electron chi connectivity index (χ1n) is 10.9. The fourth-order valence-corrected chi connectivity index (χ4v) is 4.07. The number of rotatable bonds is 8. The van der Waals surface area contributed by atoms with Gasteiger partial charge in [0, 0.05) is 66.9 Å². The third-order valence-corrected chi connectivity index (χ3v) is 5.60. The van der Waals surface area contributed by atoms with E-state index in [9.17, 15) is 4.79 Å². The van der Waals surface area contributed by atoms with Crippen molar-refractivity contribution < 1.29 is 14.3 Å². The van der Waals surface area contributed by atoms with Gasteiger partial charge in [0.1, 0.15) is 24.0 Å². The molecule has 0 aliphatic rings. The lowest BCUT2D eigenvalue weighted by Gasteiger charge is -2.21. The lowest BCUT2D eigenvalue weighted by atomic mass is 10.0. The zero-order valence-corrected chi connectivity index (χ0v) is 20.7. The molecule has 0 aliphatic carbocycles. The first-order valence-corrected chi connectivity index (χ1v) is 11.3. The van der Waals surface area contributed by atoms with Crippen LogP contribution in [0.4, 0.5) is 0 Å². The number of fused-ring (bicyclic) bond motifs is 1. The molecule has 3 aromatic rings. The molecule has 0 spiro atoms. The Kier molecular flexibility index (Phi) is 7.92. The monoisotopic (exact) mass is 467 g/mol. The number of aryl methyl sites for hydroxylation is 1. The summed E-state index contributed by atoms with van der Waals surface area (Å²) < 4.78 is 11.6. The number of ether oxygens (including phenoxy) is 2. The number of nitrogens with zero attached hydrogens (tertiary/aromatic N) is 3. The second-order valence-electron chi connectivity index (χ2n) is 8.08. The van der Waals surface area contributed by atoms with Crippen molar-refractivity contribution in [2.24, 2.45) is 0 Å². The molecule has 2 heterocycles. The minimum Gasteiger partial charge on any atom is -0.487 e. The average molecular weight is 468 g/mol. The zero-order valence-electron chi connectivity index (χ0n) is 20.0. The third kappa shape index (κ3) is 5.63. The number of hydrogen-bond acceptors (Lipinski definition) is 6. The lowest BCUT2D eigenvalue weighted by molar-refractivity contribution is -0.145. The topological polar surface area (TPSA) is 64.6 Å². The molecule has 0 saturated heterocycles. The van der Waals surface area contributed by atoms with E-state index in [1.807, 2.05) is 33.2 Å². The van der Waals surface area contributed by atoms with Crippen molar-refractivity contribution >= 4 is 34.2 Å². The Morgan fingerprint density at radius 2 is 2.03 bits per heavy atom. The van der Waals surface area contributed by atoms with Gasteiger partial charge in [-0.05, 0) is 32.4 Å². The van der Waals surface area contributed by atoms with Crippen LogP contribution in [0, 0.1) is 6.92 Å². The molecule has 1 unspecified atom stereocenters. The molecule has 0 radical (unpaired) electrons. The molecule has 3 rings (SSSR count). The van der Waals surface area contributed by atoms with Crippen molar-refractivity contribution in [2.45, 2.75) is 46.8 Å². The Morgan fingerprint density at radius 3 is 2.70 bits per heavy atom. The van der Waals surface area contributed by atoms with Crippen LogP contribution in [0.5, 0.6) is 5.75 Å². The smallest absolute Gasteiger partial charge is 0.303 e. The van der Waals surface area contributed by atoms with Gasteiger partial charge in [0.25, 0.3) is 0 Å². The largest absolute Gasteiger partial charge is 0.487 e. The summed E-state index contributed by atoms with van der Waals surface area (Å²) in [5.41, 5.74) is 5.38. The molecule has 0 N–H and O–H groups in total. The molecule has 0 fully saturated rings. The molecule has 2 aromatic heterocycles. The number of allylic oxidation sites excluding steroid dienone is 1. The molecule has 33 heavy (non-hydrogen) atoms. The maximum absolute atomic E-state index is 11.4. The Bertz CT molecular complexity index is 1190. The van der Waals surface area contributed by atoms with E-state index in [1.54, 1.807) is 19.3 Å². The molecule has 0 saturated carbocycles. The number of pyridine rings is 2. The molecular formula is C26H30ClN3O3. The molecule has 0 aliphatic heterocycles. The van der Waals surface area contributed by atoms with E-state index in [1.165, 1.54) is 6.92 Å². The van der Waals surface area contributed by atoms with Gasteiger partial charge in [0.15, 0.2) is 0 Å². The fraction of sp³-hybridized carbons (Fsp3) is 0.346. The van der Waals surface area contributed by atoms with E-state index in [0.29, 0.717) is 16.3 Å². The number of esters is 1. The van der Waals surface area contributed by atoms with Crippen LogP contribution >= 0.6 is 11.6 Å². The van der Waals surface area contributed by atoms with Crippen molar-refractivity contribution in [1.29, 1.82) is 0 Å². The fourth-order valence-electron chi connectivity index (χ4n) is 3.85. The second kappa shape index (κ2) is 10.7. The first kappa shape index (κ1) is 24.5. The van der Waals surface area contributed by atoms with Gasteiger partial charge in [0.2, 0.25) is 0 Å². The standard InChI is InChI=1S/C26H30ClN3O3/c1-7-9-24(30(5)6)20-12-16(2)29-26-19(20)10-8-11-25(26)32-15-22-21(13-28-14-23(22)27)17(3)33-18(4)31/h8-14,17H,7,15H2,1-6H3/b24-9-. The third-order valence-electron chi connectivity index (χ3n) is 5.28. The van der Waals surface area contributed by atoms with Crippen LogP contribution in [0.15, 0.2) is 42.7 Å². The number of carbonyl (C=O) groups excluding carboxylic acids is 1. The van der Waals surface area contributed by atoms with Crippen molar-refractivity contribution in [3.8, 4) is 5.75 Å². The van der Waals surface area contributed by atoms with E-state index in [-0.39, 0.29) is 12.6 Å². The summed E-state index contributed by atoms with van der Waals surface area (Å²) in [7, 11) is 4.08. The van der Waals surface area contributed by atoms with Gasteiger partial charge in [-0.2, -0.15) is 0 Å². The summed E-state index contributed by atoms with van der Waals surface area (Å²) in [6, 6.07) is 8.03. The minimum atomic E-state index is -0.492. The summed E-state index contributed by atoms with van der Waals surface area (Å²) >= 11 is 6.44. The predicted molar refractivity (Wildman–Crippen MR) is 132 cm³/mol. The van der Waals surface area contributed by atoms with Crippen LogP contribution in [-0.4, -0.2) is 34.9 Å². The van der Waals surface area contributed by atoms with Crippen LogP contribution in [0.25, 0.3) is 16.6 Å². The summed E-state index contributed by atoms with van der Waals surface area (Å²) in [6.07, 6.45) is 5.86. The van der Waals surface area contributed by atoms with Crippen LogP contribution < -0.4 is 4.74 Å². The molecule has 0 amide bonds. The molecule has 6 nitrogen and oxygen atoms in total. The Labute approximate surface area is 200 Å². The van der Waals surface area contributed by atoms with Gasteiger partial charge in [-0.3, -0.25) is 9.78 Å². The molecule has 174 valence electrons. The number of hydrogen-bond donors (Lipinski definition) is 0. The van der Waals surface area contributed by atoms with Crippen molar-refractivity contribution in [3.05, 3.63) is 70.1 Å². The van der Waals surface area contributed by atoms with Gasteiger partial charge in [-0.1, -0.05) is 36.7 Å². The van der Waals surface area contributed by atoms with E-state index in [2.05, 4.69) is 35.0 Å². The highest BCUT2D eigenvalue weighted by Crippen LogP contribution is 2.33. The first-order chi connectivity index (χ1) is 15.7. The van der Waals surface area contributed by atoms with Crippen molar-refractivity contribution in [1.82, 2.24) is 14.9 Å². The highest BCUT2D eigenvalue weighted by Gasteiger charge is 2.18. The normalized spacial score (nSPS) is 12.5. The molecule has 7 heteroatoms. The van der Waals surface area contributed by atoms with Crippen molar-refractivity contribution in [3.63, 3.8) is 0 Å². The highest BCUT2D eigenvalue weighted by atomic mass is 35.5. The number of aromatic nitrogens is 2.